The molecule has 2 aliphatic rings. The van der Waals surface area contributed by atoms with E-state index in [0.29, 0.717) is 12.6 Å². The van der Waals surface area contributed by atoms with Crippen LogP contribution in [0, 0.1) is 11.8 Å². The van der Waals surface area contributed by atoms with Gasteiger partial charge in [-0.3, -0.25) is 4.79 Å². The van der Waals surface area contributed by atoms with Crippen LogP contribution in [0.1, 0.15) is 32.6 Å². The summed E-state index contributed by atoms with van der Waals surface area (Å²) in [7, 11) is 0. The van der Waals surface area contributed by atoms with Gasteiger partial charge in [-0.05, 0) is 50.2 Å². The summed E-state index contributed by atoms with van der Waals surface area (Å²) in [6.45, 7) is 3.42. The van der Waals surface area contributed by atoms with E-state index >= 15 is 0 Å². The molecule has 0 spiro atoms. The van der Waals surface area contributed by atoms with Crippen molar-refractivity contribution in [2.75, 3.05) is 18.0 Å². The number of hydrogen-bond donors (Lipinski definition) is 1. The van der Waals surface area contributed by atoms with Gasteiger partial charge in [0.1, 0.15) is 0 Å². The normalized spacial score (nSPS) is 27.6. The molecule has 2 aliphatic carbocycles. The summed E-state index contributed by atoms with van der Waals surface area (Å²) in [5.41, 5.74) is 1.12. The molecule has 0 heterocycles. The average molecular weight is 272 g/mol. The van der Waals surface area contributed by atoms with Gasteiger partial charge in [-0.2, -0.15) is 0 Å². The SMILES string of the molecule is CCN(CC(=O)N[C@H]1C[C@H]2CC[C@H]1C2)c1ccccc1. The fourth-order valence-corrected chi connectivity index (χ4v) is 3.87. The zero-order chi connectivity index (χ0) is 13.9. The number of fused-ring (bicyclic) bond motifs is 2. The van der Waals surface area contributed by atoms with Crippen LogP contribution in [-0.4, -0.2) is 25.0 Å². The maximum atomic E-state index is 12.3. The van der Waals surface area contributed by atoms with Crippen molar-refractivity contribution in [2.45, 2.75) is 38.6 Å². The Bertz CT molecular complexity index is 459. The number of rotatable bonds is 5. The first-order chi connectivity index (χ1) is 9.76. The van der Waals surface area contributed by atoms with Crippen LogP contribution < -0.4 is 10.2 Å². The van der Waals surface area contributed by atoms with Crippen LogP contribution in [0.25, 0.3) is 0 Å². The third kappa shape index (κ3) is 2.82. The van der Waals surface area contributed by atoms with E-state index in [1.807, 2.05) is 18.2 Å². The highest BCUT2D eigenvalue weighted by atomic mass is 16.2. The molecule has 0 radical (unpaired) electrons. The molecule has 2 saturated carbocycles. The monoisotopic (exact) mass is 272 g/mol. The summed E-state index contributed by atoms with van der Waals surface area (Å²) in [6.07, 6.45) is 5.23. The van der Waals surface area contributed by atoms with Crippen molar-refractivity contribution >= 4 is 11.6 Å². The van der Waals surface area contributed by atoms with Crippen LogP contribution in [0.15, 0.2) is 30.3 Å². The van der Waals surface area contributed by atoms with Crippen LogP contribution in [0.5, 0.6) is 0 Å². The van der Waals surface area contributed by atoms with Crippen molar-refractivity contribution in [3.63, 3.8) is 0 Å². The molecule has 2 fully saturated rings. The minimum atomic E-state index is 0.174. The van der Waals surface area contributed by atoms with Crippen molar-refractivity contribution in [1.29, 1.82) is 0 Å². The number of carbonyl (C=O) groups is 1. The molecule has 3 atom stereocenters. The molecule has 3 rings (SSSR count). The van der Waals surface area contributed by atoms with E-state index in [4.69, 9.17) is 0 Å². The summed E-state index contributed by atoms with van der Waals surface area (Å²) >= 11 is 0. The Hall–Kier alpha value is -1.51. The molecule has 0 unspecified atom stereocenters. The van der Waals surface area contributed by atoms with Crippen molar-refractivity contribution in [3.05, 3.63) is 30.3 Å². The van der Waals surface area contributed by atoms with E-state index < -0.39 is 0 Å². The first kappa shape index (κ1) is 13.5. The lowest BCUT2D eigenvalue weighted by Crippen LogP contribution is -2.44. The lowest BCUT2D eigenvalue weighted by molar-refractivity contribution is -0.120. The minimum absolute atomic E-state index is 0.174. The van der Waals surface area contributed by atoms with Gasteiger partial charge in [0.25, 0.3) is 0 Å². The Morgan fingerprint density at radius 2 is 2.05 bits per heavy atom. The topological polar surface area (TPSA) is 32.3 Å². The van der Waals surface area contributed by atoms with Crippen LogP contribution in [-0.2, 0) is 4.79 Å². The summed E-state index contributed by atoms with van der Waals surface area (Å²) in [6, 6.07) is 10.6. The molecule has 1 aromatic rings. The molecule has 108 valence electrons. The predicted octanol–water partition coefficient (Wildman–Crippen LogP) is 2.82. The summed E-state index contributed by atoms with van der Waals surface area (Å²) in [4.78, 5) is 14.4. The van der Waals surface area contributed by atoms with Gasteiger partial charge in [-0.1, -0.05) is 24.6 Å². The standard InChI is InChI=1S/C17H24N2O/c1-2-19(15-6-4-3-5-7-15)12-17(20)18-16-11-13-8-9-14(16)10-13/h3-7,13-14,16H,2,8-12H2,1H3,(H,18,20)/t13-,14-,16-/m0/s1. The fourth-order valence-electron chi connectivity index (χ4n) is 3.87. The van der Waals surface area contributed by atoms with Crippen molar-refractivity contribution < 1.29 is 4.79 Å². The zero-order valence-electron chi connectivity index (χ0n) is 12.2. The summed E-state index contributed by atoms with van der Waals surface area (Å²) in [5.74, 6) is 1.80. The Kier molecular flexibility index (Phi) is 3.95. The highest BCUT2D eigenvalue weighted by Gasteiger charge is 2.40. The third-order valence-electron chi connectivity index (χ3n) is 4.92. The number of likely N-dealkylation sites (N-methyl/N-ethyl adjacent to an activating group) is 1. The highest BCUT2D eigenvalue weighted by Crippen LogP contribution is 2.44. The van der Waals surface area contributed by atoms with Gasteiger partial charge < -0.3 is 10.2 Å². The summed E-state index contributed by atoms with van der Waals surface area (Å²) in [5, 5.41) is 3.26. The van der Waals surface area contributed by atoms with Crippen LogP contribution in [0.4, 0.5) is 5.69 Å². The van der Waals surface area contributed by atoms with Crippen LogP contribution >= 0.6 is 0 Å². The smallest absolute Gasteiger partial charge is 0.239 e. The summed E-state index contributed by atoms with van der Waals surface area (Å²) < 4.78 is 0. The van der Waals surface area contributed by atoms with Gasteiger partial charge in [0.05, 0.1) is 6.54 Å². The number of para-hydroxylation sites is 1. The van der Waals surface area contributed by atoms with Gasteiger partial charge in [0, 0.05) is 18.3 Å². The number of nitrogens with one attached hydrogen (secondary N) is 1. The van der Waals surface area contributed by atoms with E-state index in [9.17, 15) is 4.79 Å². The minimum Gasteiger partial charge on any atom is -0.363 e. The molecular weight excluding hydrogens is 248 g/mol. The van der Waals surface area contributed by atoms with Gasteiger partial charge in [-0.15, -0.1) is 0 Å². The van der Waals surface area contributed by atoms with Crippen molar-refractivity contribution in [3.8, 4) is 0 Å². The van der Waals surface area contributed by atoms with Crippen molar-refractivity contribution in [1.82, 2.24) is 5.32 Å². The van der Waals surface area contributed by atoms with E-state index in [2.05, 4.69) is 29.3 Å². The third-order valence-corrected chi connectivity index (χ3v) is 4.92. The molecule has 20 heavy (non-hydrogen) atoms. The second-order valence-electron chi connectivity index (χ2n) is 6.20. The highest BCUT2D eigenvalue weighted by molar-refractivity contribution is 5.81. The lowest BCUT2D eigenvalue weighted by atomic mass is 9.95. The largest absolute Gasteiger partial charge is 0.363 e. The van der Waals surface area contributed by atoms with Crippen molar-refractivity contribution in [2.24, 2.45) is 11.8 Å². The average Bonchev–Trinajstić information content (AvgIpc) is 3.08. The molecular formula is C17H24N2O. The molecule has 0 aliphatic heterocycles. The molecule has 3 heteroatoms. The van der Waals surface area contributed by atoms with Gasteiger partial charge >= 0.3 is 0 Å². The van der Waals surface area contributed by atoms with E-state index in [1.165, 1.54) is 25.7 Å². The van der Waals surface area contributed by atoms with E-state index in [1.54, 1.807) is 0 Å². The molecule has 3 nitrogen and oxygen atoms in total. The number of hydrogen-bond acceptors (Lipinski definition) is 2. The van der Waals surface area contributed by atoms with E-state index in [0.717, 1.165) is 24.1 Å². The first-order valence-electron chi connectivity index (χ1n) is 7.85. The number of amides is 1. The number of benzene rings is 1. The quantitative estimate of drug-likeness (QED) is 0.894. The fraction of sp³-hybridized carbons (Fsp3) is 0.588. The molecule has 0 aromatic heterocycles. The lowest BCUT2D eigenvalue weighted by Gasteiger charge is -2.26. The maximum Gasteiger partial charge on any atom is 0.239 e. The predicted molar refractivity (Wildman–Crippen MR) is 81.7 cm³/mol. The van der Waals surface area contributed by atoms with Gasteiger partial charge in [-0.25, -0.2) is 0 Å². The molecule has 2 bridgehead atoms. The molecule has 0 saturated heterocycles. The first-order valence-corrected chi connectivity index (χ1v) is 7.85. The van der Waals surface area contributed by atoms with Crippen LogP contribution in [0.3, 0.4) is 0 Å². The Labute approximate surface area is 121 Å². The van der Waals surface area contributed by atoms with E-state index in [-0.39, 0.29) is 5.91 Å². The molecule has 1 N–H and O–H groups in total. The maximum absolute atomic E-state index is 12.3. The zero-order valence-corrected chi connectivity index (χ0v) is 12.2. The Morgan fingerprint density at radius 1 is 1.25 bits per heavy atom. The number of carbonyl (C=O) groups excluding carboxylic acids is 1. The van der Waals surface area contributed by atoms with Gasteiger partial charge in [0.2, 0.25) is 5.91 Å². The molecule has 1 aromatic carbocycles. The second kappa shape index (κ2) is 5.86. The van der Waals surface area contributed by atoms with Crippen LogP contribution in [0.2, 0.25) is 0 Å². The Balaban J connectivity index is 1.55. The number of anilines is 1. The number of nitrogens with zero attached hydrogens (tertiary/aromatic N) is 1. The van der Waals surface area contributed by atoms with Gasteiger partial charge in [0.15, 0.2) is 0 Å². The molecule has 1 amide bonds. The Morgan fingerprint density at radius 3 is 2.65 bits per heavy atom. The second-order valence-corrected chi connectivity index (χ2v) is 6.20.